The molecule has 1 heterocycles. The van der Waals surface area contributed by atoms with E-state index < -0.39 is 0 Å². The lowest BCUT2D eigenvalue weighted by atomic mass is 9.91. The van der Waals surface area contributed by atoms with E-state index in [0.717, 1.165) is 23.4 Å². The van der Waals surface area contributed by atoms with E-state index in [4.69, 9.17) is 5.73 Å². The van der Waals surface area contributed by atoms with Gasteiger partial charge in [0.15, 0.2) is 0 Å². The van der Waals surface area contributed by atoms with Gasteiger partial charge in [-0.15, -0.1) is 36.2 Å². The Balaban J connectivity index is 0. The van der Waals surface area contributed by atoms with Crippen molar-refractivity contribution in [2.75, 3.05) is 13.1 Å². The van der Waals surface area contributed by atoms with Crippen molar-refractivity contribution >= 4 is 42.1 Å². The van der Waals surface area contributed by atoms with Gasteiger partial charge in [0.05, 0.1) is 11.2 Å². The molecule has 7 heteroatoms. The number of aromatic nitrogens is 1. The third kappa shape index (κ3) is 6.56. The number of carbonyl (C=O) groups is 1. The quantitative estimate of drug-likeness (QED) is 0.817. The van der Waals surface area contributed by atoms with Crippen molar-refractivity contribution < 1.29 is 4.79 Å². The number of nitrogens with two attached hydrogens (primary N) is 1. The molecule has 0 radical (unpaired) electrons. The average Bonchev–Trinajstić information content (AvgIpc) is 2.72. The maximum atomic E-state index is 12.0. The van der Waals surface area contributed by atoms with Gasteiger partial charge < -0.3 is 11.1 Å². The lowest BCUT2D eigenvalue weighted by molar-refractivity contribution is 0.0954. The zero-order chi connectivity index (χ0) is 12.9. The van der Waals surface area contributed by atoms with Crippen molar-refractivity contribution in [3.05, 3.63) is 16.1 Å². The zero-order valence-corrected chi connectivity index (χ0v) is 14.0. The molecule has 19 heavy (non-hydrogen) atoms. The van der Waals surface area contributed by atoms with Crippen LogP contribution in [0.15, 0.2) is 5.51 Å². The first-order chi connectivity index (χ1) is 7.96. The fraction of sp³-hybridized carbons (Fsp3) is 0.667. The molecule has 1 aromatic heterocycles. The highest BCUT2D eigenvalue weighted by Crippen LogP contribution is 2.26. The number of nitrogens with one attached hydrogen (secondary N) is 1. The van der Waals surface area contributed by atoms with Crippen molar-refractivity contribution in [3.63, 3.8) is 0 Å². The van der Waals surface area contributed by atoms with Crippen molar-refractivity contribution in [3.8, 4) is 0 Å². The lowest BCUT2D eigenvalue weighted by Gasteiger charge is -2.17. The van der Waals surface area contributed by atoms with Gasteiger partial charge in [-0.25, -0.2) is 4.98 Å². The number of amides is 1. The molecule has 0 fully saturated rings. The average molecular weight is 328 g/mol. The molecule has 0 spiro atoms. The van der Waals surface area contributed by atoms with Crippen LogP contribution >= 0.6 is 36.2 Å². The molecule has 0 aromatic carbocycles. The van der Waals surface area contributed by atoms with Crippen LogP contribution in [0.4, 0.5) is 0 Å². The van der Waals surface area contributed by atoms with E-state index in [1.807, 2.05) is 0 Å². The minimum absolute atomic E-state index is 0. The van der Waals surface area contributed by atoms with Crippen LogP contribution in [-0.2, 0) is 5.41 Å². The summed E-state index contributed by atoms with van der Waals surface area (Å²) in [6.07, 6.45) is 1.86. The van der Waals surface area contributed by atoms with Crippen LogP contribution in [0.5, 0.6) is 0 Å². The number of unbranched alkanes of at least 4 members (excludes halogenated alkanes) is 1. The van der Waals surface area contributed by atoms with E-state index in [1.165, 1.54) is 11.3 Å². The highest BCUT2D eigenvalue weighted by Gasteiger charge is 2.24. The van der Waals surface area contributed by atoms with Gasteiger partial charge >= 0.3 is 0 Å². The van der Waals surface area contributed by atoms with Crippen molar-refractivity contribution in [1.29, 1.82) is 0 Å². The Morgan fingerprint density at radius 3 is 2.53 bits per heavy atom. The minimum Gasteiger partial charge on any atom is -0.351 e. The maximum absolute atomic E-state index is 12.0. The Bertz CT molecular complexity index is 377. The molecule has 3 N–H and O–H groups in total. The zero-order valence-electron chi connectivity index (χ0n) is 11.6. The van der Waals surface area contributed by atoms with Crippen LogP contribution in [0.3, 0.4) is 0 Å². The fourth-order valence-electron chi connectivity index (χ4n) is 1.49. The van der Waals surface area contributed by atoms with E-state index in [0.29, 0.717) is 13.1 Å². The number of hydrogen-bond donors (Lipinski definition) is 2. The first-order valence-electron chi connectivity index (χ1n) is 5.89. The summed E-state index contributed by atoms with van der Waals surface area (Å²) in [5, 5.41) is 2.91. The number of rotatable bonds is 5. The third-order valence-corrected chi connectivity index (χ3v) is 3.23. The monoisotopic (exact) mass is 327 g/mol. The molecule has 0 atom stereocenters. The highest BCUT2D eigenvalue weighted by atomic mass is 35.5. The first kappa shape index (κ1) is 20.9. The molecule has 1 aromatic rings. The normalized spacial score (nSPS) is 10.3. The summed E-state index contributed by atoms with van der Waals surface area (Å²) in [7, 11) is 0. The summed E-state index contributed by atoms with van der Waals surface area (Å²) in [4.78, 5) is 17.0. The molecule has 4 nitrogen and oxygen atoms in total. The Morgan fingerprint density at radius 1 is 1.37 bits per heavy atom. The van der Waals surface area contributed by atoms with Gasteiger partial charge in [0.1, 0.15) is 4.88 Å². The van der Waals surface area contributed by atoms with Crippen molar-refractivity contribution in [2.24, 2.45) is 5.73 Å². The fourth-order valence-corrected chi connectivity index (χ4v) is 2.41. The van der Waals surface area contributed by atoms with Crippen LogP contribution < -0.4 is 11.1 Å². The van der Waals surface area contributed by atoms with E-state index in [1.54, 1.807) is 5.51 Å². The van der Waals surface area contributed by atoms with Gasteiger partial charge in [-0.1, -0.05) is 20.8 Å². The second-order valence-electron chi connectivity index (χ2n) is 5.03. The number of carbonyl (C=O) groups excluding carboxylic acids is 1. The topological polar surface area (TPSA) is 68.0 Å². The molecule has 0 aliphatic carbocycles. The van der Waals surface area contributed by atoms with Gasteiger partial charge in [0.25, 0.3) is 5.91 Å². The van der Waals surface area contributed by atoms with Crippen LogP contribution in [0, 0.1) is 0 Å². The Hall–Kier alpha value is -0.360. The summed E-state index contributed by atoms with van der Waals surface area (Å²) in [6.45, 7) is 7.54. The Labute approximate surface area is 131 Å². The van der Waals surface area contributed by atoms with Gasteiger partial charge in [-0.2, -0.15) is 0 Å². The molecule has 0 unspecified atom stereocenters. The standard InChI is InChI=1S/C12H21N3OS.2ClH/c1-12(2,3)10-9(17-8-15-10)11(16)14-7-5-4-6-13;;/h8H,4-7,13H2,1-3H3,(H,14,16);2*1H. The lowest BCUT2D eigenvalue weighted by Crippen LogP contribution is -2.27. The predicted octanol–water partition coefficient (Wildman–Crippen LogP) is 2.75. The second-order valence-corrected chi connectivity index (χ2v) is 5.89. The Morgan fingerprint density at radius 2 is 2.00 bits per heavy atom. The van der Waals surface area contributed by atoms with Gasteiger partial charge in [0.2, 0.25) is 0 Å². The number of hydrogen-bond acceptors (Lipinski definition) is 4. The van der Waals surface area contributed by atoms with Crippen molar-refractivity contribution in [1.82, 2.24) is 10.3 Å². The number of nitrogens with zero attached hydrogens (tertiary/aromatic N) is 1. The minimum atomic E-state index is -0.0933. The third-order valence-electron chi connectivity index (χ3n) is 2.40. The molecular formula is C12H23Cl2N3OS. The van der Waals surface area contributed by atoms with Crippen LogP contribution in [-0.4, -0.2) is 24.0 Å². The van der Waals surface area contributed by atoms with Crippen LogP contribution in [0.2, 0.25) is 0 Å². The second kappa shape index (κ2) is 9.53. The number of thiazole rings is 1. The maximum Gasteiger partial charge on any atom is 0.263 e. The molecule has 0 aliphatic rings. The molecule has 0 saturated carbocycles. The van der Waals surface area contributed by atoms with Gasteiger partial charge in [-0.05, 0) is 19.4 Å². The molecule has 1 amide bonds. The molecule has 0 bridgehead atoms. The van der Waals surface area contributed by atoms with E-state index >= 15 is 0 Å². The van der Waals surface area contributed by atoms with E-state index in [-0.39, 0.29) is 36.1 Å². The van der Waals surface area contributed by atoms with Crippen LogP contribution in [0.25, 0.3) is 0 Å². The smallest absolute Gasteiger partial charge is 0.263 e. The summed E-state index contributed by atoms with van der Waals surface area (Å²) in [5.74, 6) is -0.0190. The molecule has 1 rings (SSSR count). The molecule has 0 aliphatic heterocycles. The summed E-state index contributed by atoms with van der Waals surface area (Å²) >= 11 is 1.40. The van der Waals surface area contributed by atoms with E-state index in [9.17, 15) is 4.79 Å². The molecule has 112 valence electrons. The molecule has 0 saturated heterocycles. The van der Waals surface area contributed by atoms with E-state index in [2.05, 4.69) is 31.1 Å². The summed E-state index contributed by atoms with van der Waals surface area (Å²) < 4.78 is 0. The predicted molar refractivity (Wildman–Crippen MR) is 85.9 cm³/mol. The Kier molecular flexibility index (Phi) is 10.5. The van der Waals surface area contributed by atoms with Crippen molar-refractivity contribution in [2.45, 2.75) is 39.0 Å². The van der Waals surface area contributed by atoms with Gasteiger partial charge in [-0.3, -0.25) is 4.79 Å². The summed E-state index contributed by atoms with van der Waals surface area (Å²) in [5.41, 5.74) is 7.91. The van der Waals surface area contributed by atoms with Crippen LogP contribution in [0.1, 0.15) is 49.0 Å². The first-order valence-corrected chi connectivity index (χ1v) is 6.77. The molecular weight excluding hydrogens is 305 g/mol. The number of halogens is 2. The highest BCUT2D eigenvalue weighted by molar-refractivity contribution is 7.11. The van der Waals surface area contributed by atoms with Gasteiger partial charge in [0, 0.05) is 12.0 Å². The largest absolute Gasteiger partial charge is 0.351 e. The SMILES string of the molecule is CC(C)(C)c1ncsc1C(=O)NCCCCN.Cl.Cl. The summed E-state index contributed by atoms with van der Waals surface area (Å²) in [6, 6.07) is 0.